The molecular weight excluding hydrogens is 506 g/mol. The molecule has 8 heteroatoms. The summed E-state index contributed by atoms with van der Waals surface area (Å²) in [7, 11) is 1.61. The van der Waals surface area contributed by atoms with Gasteiger partial charge in [0.2, 0.25) is 0 Å². The Morgan fingerprint density at radius 1 is 1.12 bits per heavy atom. The second kappa shape index (κ2) is 9.19. The molecule has 0 unspecified atom stereocenters. The van der Waals surface area contributed by atoms with Crippen molar-refractivity contribution in [2.24, 2.45) is 5.10 Å². The molecule has 2 aromatic carbocycles. The molecular formula is C16H14Br3N3O2. The first-order valence-electron chi connectivity index (χ1n) is 6.84. The maximum absolute atomic E-state index is 11.8. The topological polar surface area (TPSA) is 62.7 Å². The number of methoxy groups -OCH3 is 1. The average molecular weight is 520 g/mol. The van der Waals surface area contributed by atoms with Gasteiger partial charge in [0.1, 0.15) is 5.75 Å². The van der Waals surface area contributed by atoms with Crippen LogP contribution in [0.2, 0.25) is 0 Å². The molecule has 0 aliphatic rings. The van der Waals surface area contributed by atoms with Crippen molar-refractivity contribution in [1.82, 2.24) is 5.43 Å². The van der Waals surface area contributed by atoms with Crippen LogP contribution in [-0.2, 0) is 4.79 Å². The van der Waals surface area contributed by atoms with E-state index in [1.807, 2.05) is 36.4 Å². The fourth-order valence-electron chi connectivity index (χ4n) is 1.74. The lowest BCUT2D eigenvalue weighted by Crippen LogP contribution is -2.26. The van der Waals surface area contributed by atoms with E-state index >= 15 is 0 Å². The van der Waals surface area contributed by atoms with Gasteiger partial charge in [-0.05, 0) is 89.8 Å². The highest BCUT2D eigenvalue weighted by Crippen LogP contribution is 2.32. The van der Waals surface area contributed by atoms with E-state index in [-0.39, 0.29) is 12.5 Å². The Morgan fingerprint density at radius 3 is 2.46 bits per heavy atom. The molecule has 0 saturated heterocycles. The maximum Gasteiger partial charge on any atom is 0.259 e. The fraction of sp³-hybridized carbons (Fsp3) is 0.125. The third-order valence-electron chi connectivity index (χ3n) is 2.97. The molecule has 1 amide bonds. The average Bonchev–Trinajstić information content (AvgIpc) is 2.57. The second-order valence-electron chi connectivity index (χ2n) is 4.67. The molecule has 126 valence electrons. The molecule has 2 aromatic rings. The fourth-order valence-corrected chi connectivity index (χ4v) is 3.22. The Balaban J connectivity index is 1.85. The van der Waals surface area contributed by atoms with Crippen molar-refractivity contribution in [3.05, 3.63) is 55.4 Å². The van der Waals surface area contributed by atoms with Crippen LogP contribution in [0.4, 0.5) is 5.69 Å². The zero-order chi connectivity index (χ0) is 17.5. The van der Waals surface area contributed by atoms with Crippen molar-refractivity contribution in [3.63, 3.8) is 0 Å². The maximum atomic E-state index is 11.8. The minimum absolute atomic E-state index is 0.104. The molecule has 2 rings (SSSR count). The number of nitrogens with one attached hydrogen (secondary N) is 2. The number of amides is 1. The van der Waals surface area contributed by atoms with Crippen LogP contribution in [0.25, 0.3) is 0 Å². The lowest BCUT2D eigenvalue weighted by molar-refractivity contribution is -0.119. The molecule has 0 radical (unpaired) electrons. The van der Waals surface area contributed by atoms with Crippen LogP contribution in [0.5, 0.6) is 5.75 Å². The van der Waals surface area contributed by atoms with Crippen LogP contribution in [0.15, 0.2) is 54.9 Å². The first kappa shape index (κ1) is 19.0. The largest absolute Gasteiger partial charge is 0.497 e. The van der Waals surface area contributed by atoms with Gasteiger partial charge in [-0.1, -0.05) is 0 Å². The monoisotopic (exact) mass is 517 g/mol. The molecule has 0 spiro atoms. The summed E-state index contributed by atoms with van der Waals surface area (Å²) in [5.74, 6) is 0.525. The summed E-state index contributed by atoms with van der Waals surface area (Å²) in [6.45, 7) is 0.104. The summed E-state index contributed by atoms with van der Waals surface area (Å²) in [5.41, 5.74) is 4.15. The zero-order valence-corrected chi connectivity index (χ0v) is 17.4. The number of hydrogen-bond donors (Lipinski definition) is 2. The van der Waals surface area contributed by atoms with Gasteiger partial charge in [-0.2, -0.15) is 5.10 Å². The lowest BCUT2D eigenvalue weighted by Gasteiger charge is -2.09. The van der Waals surface area contributed by atoms with Crippen molar-refractivity contribution >= 4 is 65.6 Å². The number of hydrazone groups is 1. The number of anilines is 1. The van der Waals surface area contributed by atoms with E-state index in [2.05, 4.69) is 63.6 Å². The van der Waals surface area contributed by atoms with Gasteiger partial charge in [0.25, 0.3) is 5.91 Å². The second-order valence-corrected chi connectivity index (χ2v) is 7.23. The SMILES string of the molecule is COc1ccc(C=NNC(=O)CNc2cc(Br)c(Br)cc2Br)cc1. The summed E-state index contributed by atoms with van der Waals surface area (Å²) in [5, 5.41) is 6.97. The summed E-state index contributed by atoms with van der Waals surface area (Å²) in [6.07, 6.45) is 1.57. The first-order chi connectivity index (χ1) is 11.5. The van der Waals surface area contributed by atoms with Crippen molar-refractivity contribution in [3.8, 4) is 5.75 Å². The number of carbonyl (C=O) groups excluding carboxylic acids is 1. The predicted octanol–water partition coefficient (Wildman–Crippen LogP) is 4.54. The highest BCUT2D eigenvalue weighted by atomic mass is 79.9. The molecule has 0 fully saturated rings. The number of nitrogens with zero attached hydrogens (tertiary/aromatic N) is 1. The van der Waals surface area contributed by atoms with Gasteiger partial charge in [-0.15, -0.1) is 0 Å². The number of carbonyl (C=O) groups is 1. The Morgan fingerprint density at radius 2 is 1.79 bits per heavy atom. The lowest BCUT2D eigenvalue weighted by atomic mass is 10.2. The van der Waals surface area contributed by atoms with Gasteiger partial charge in [0.15, 0.2) is 0 Å². The van der Waals surface area contributed by atoms with Crippen LogP contribution in [0.3, 0.4) is 0 Å². The highest BCUT2D eigenvalue weighted by Gasteiger charge is 2.06. The normalized spacial score (nSPS) is 10.7. The quantitative estimate of drug-likeness (QED) is 0.334. The van der Waals surface area contributed by atoms with Gasteiger partial charge >= 0.3 is 0 Å². The molecule has 0 bridgehead atoms. The van der Waals surface area contributed by atoms with Crippen LogP contribution in [0.1, 0.15) is 5.56 Å². The number of benzene rings is 2. The van der Waals surface area contributed by atoms with Gasteiger partial charge < -0.3 is 10.1 Å². The summed E-state index contributed by atoms with van der Waals surface area (Å²) < 4.78 is 7.75. The molecule has 5 nitrogen and oxygen atoms in total. The minimum Gasteiger partial charge on any atom is -0.497 e. The minimum atomic E-state index is -0.245. The van der Waals surface area contributed by atoms with E-state index in [1.165, 1.54) is 0 Å². The number of hydrogen-bond acceptors (Lipinski definition) is 4. The molecule has 0 atom stereocenters. The third-order valence-corrected chi connectivity index (χ3v) is 5.47. The van der Waals surface area contributed by atoms with Gasteiger partial charge in [-0.3, -0.25) is 4.79 Å². The standard InChI is InChI=1S/C16H14Br3N3O2/c1-24-11-4-2-10(3-5-11)8-21-22-16(23)9-20-15-7-13(18)12(17)6-14(15)19/h2-8,20H,9H2,1H3,(H,22,23). The number of halogens is 3. The summed E-state index contributed by atoms with van der Waals surface area (Å²) in [4.78, 5) is 11.8. The van der Waals surface area contributed by atoms with Gasteiger partial charge in [0, 0.05) is 13.4 Å². The van der Waals surface area contributed by atoms with E-state index in [0.717, 1.165) is 30.4 Å². The Labute approximate surface area is 165 Å². The van der Waals surface area contributed by atoms with Gasteiger partial charge in [0.05, 0.1) is 25.6 Å². The first-order valence-corrected chi connectivity index (χ1v) is 9.22. The van der Waals surface area contributed by atoms with E-state index in [1.54, 1.807) is 13.3 Å². The third kappa shape index (κ3) is 5.61. The van der Waals surface area contributed by atoms with Crippen molar-refractivity contribution in [2.75, 3.05) is 19.0 Å². The molecule has 0 aromatic heterocycles. The number of rotatable bonds is 6. The van der Waals surface area contributed by atoms with E-state index < -0.39 is 0 Å². The molecule has 0 heterocycles. The number of ether oxygens (including phenoxy) is 1. The highest BCUT2D eigenvalue weighted by molar-refractivity contribution is 9.13. The molecule has 2 N–H and O–H groups in total. The Kier molecular flexibility index (Phi) is 7.26. The van der Waals surface area contributed by atoms with Crippen molar-refractivity contribution in [1.29, 1.82) is 0 Å². The molecule has 0 aliphatic carbocycles. The Hall–Kier alpha value is -1.38. The van der Waals surface area contributed by atoms with Crippen LogP contribution in [0, 0.1) is 0 Å². The van der Waals surface area contributed by atoms with Crippen molar-refractivity contribution in [2.45, 2.75) is 0 Å². The van der Waals surface area contributed by atoms with Crippen LogP contribution < -0.4 is 15.5 Å². The summed E-state index contributed by atoms with van der Waals surface area (Å²) in [6, 6.07) is 11.1. The molecule has 0 saturated carbocycles. The van der Waals surface area contributed by atoms with E-state index in [0.29, 0.717) is 0 Å². The Bertz CT molecular complexity index is 749. The summed E-state index contributed by atoms with van der Waals surface area (Å²) >= 11 is 10.3. The van der Waals surface area contributed by atoms with E-state index in [9.17, 15) is 4.79 Å². The van der Waals surface area contributed by atoms with Crippen LogP contribution in [-0.4, -0.2) is 25.8 Å². The van der Waals surface area contributed by atoms with Gasteiger partial charge in [-0.25, -0.2) is 5.43 Å². The van der Waals surface area contributed by atoms with E-state index in [4.69, 9.17) is 4.74 Å². The molecule has 0 aliphatic heterocycles. The smallest absolute Gasteiger partial charge is 0.259 e. The van der Waals surface area contributed by atoms with Crippen LogP contribution >= 0.6 is 47.8 Å². The predicted molar refractivity (Wildman–Crippen MR) is 107 cm³/mol. The zero-order valence-electron chi connectivity index (χ0n) is 12.6. The van der Waals surface area contributed by atoms with Crippen molar-refractivity contribution < 1.29 is 9.53 Å². The molecule has 24 heavy (non-hydrogen) atoms.